The van der Waals surface area contributed by atoms with Crippen LogP contribution in [0.3, 0.4) is 0 Å². The Hall–Kier alpha value is -3.99. The number of nitrogens with zero attached hydrogens (tertiary/aromatic N) is 5. The zero-order valence-corrected chi connectivity index (χ0v) is 17.9. The summed E-state index contributed by atoms with van der Waals surface area (Å²) in [6.07, 6.45) is 4.21. The molecular formula is C21H17N5O5S. The van der Waals surface area contributed by atoms with Crippen molar-refractivity contribution in [3.63, 3.8) is 0 Å². The first kappa shape index (κ1) is 21.2. The molecule has 0 aliphatic heterocycles. The third-order valence-electron chi connectivity index (χ3n) is 4.72. The van der Waals surface area contributed by atoms with E-state index in [2.05, 4.69) is 20.1 Å². The van der Waals surface area contributed by atoms with E-state index in [1.54, 1.807) is 50.4 Å². The number of benzene rings is 1. The zero-order chi connectivity index (χ0) is 22.9. The summed E-state index contributed by atoms with van der Waals surface area (Å²) in [4.78, 5) is 23.2. The summed E-state index contributed by atoms with van der Waals surface area (Å²) >= 11 is 0. The van der Waals surface area contributed by atoms with E-state index in [4.69, 9.17) is 4.52 Å². The van der Waals surface area contributed by atoms with Crippen molar-refractivity contribution in [1.82, 2.24) is 20.1 Å². The van der Waals surface area contributed by atoms with E-state index < -0.39 is 20.0 Å². The Kier molecular flexibility index (Phi) is 5.49. The van der Waals surface area contributed by atoms with Crippen molar-refractivity contribution >= 4 is 15.5 Å². The Morgan fingerprint density at radius 2 is 1.66 bits per heavy atom. The van der Waals surface area contributed by atoms with Crippen molar-refractivity contribution in [2.24, 2.45) is 0 Å². The number of nitro groups is 1. The third kappa shape index (κ3) is 4.10. The monoisotopic (exact) mass is 451 g/mol. The van der Waals surface area contributed by atoms with Crippen LogP contribution in [0.1, 0.15) is 13.8 Å². The van der Waals surface area contributed by atoms with Crippen LogP contribution in [-0.4, -0.2) is 38.7 Å². The zero-order valence-electron chi connectivity index (χ0n) is 17.0. The van der Waals surface area contributed by atoms with Crippen molar-refractivity contribution in [3.8, 4) is 34.1 Å². The molecule has 1 aromatic carbocycles. The van der Waals surface area contributed by atoms with Gasteiger partial charge in [-0.2, -0.15) is 0 Å². The molecule has 3 heterocycles. The molecule has 0 amide bonds. The topological polar surface area (TPSA) is 142 Å². The van der Waals surface area contributed by atoms with Gasteiger partial charge in [0, 0.05) is 17.7 Å². The van der Waals surface area contributed by atoms with Gasteiger partial charge >= 0.3 is 0 Å². The van der Waals surface area contributed by atoms with E-state index in [1.165, 1.54) is 18.3 Å². The Morgan fingerprint density at radius 3 is 2.28 bits per heavy atom. The average molecular weight is 451 g/mol. The molecule has 32 heavy (non-hydrogen) atoms. The molecule has 0 atom stereocenters. The van der Waals surface area contributed by atoms with E-state index in [-0.39, 0.29) is 10.6 Å². The summed E-state index contributed by atoms with van der Waals surface area (Å²) in [5, 5.41) is 14.2. The standard InChI is InChI=1S/C21H17N5O5S/c1-13(2)32(29,30)16-6-3-14(4-7-16)19-11-22-12-20(24-19)21-9-18(25-31-21)17-8-5-15(10-23-17)26(27)28/h3-13H,1-2H3. The van der Waals surface area contributed by atoms with Crippen LogP contribution in [0.25, 0.3) is 34.1 Å². The smallest absolute Gasteiger partial charge is 0.287 e. The molecule has 162 valence electrons. The normalized spacial score (nSPS) is 11.6. The fourth-order valence-corrected chi connectivity index (χ4v) is 3.93. The summed E-state index contributed by atoms with van der Waals surface area (Å²) in [6, 6.07) is 10.9. The predicted molar refractivity (Wildman–Crippen MR) is 115 cm³/mol. The van der Waals surface area contributed by atoms with Crippen LogP contribution in [0, 0.1) is 10.1 Å². The number of pyridine rings is 1. The van der Waals surface area contributed by atoms with E-state index in [0.29, 0.717) is 34.1 Å². The minimum absolute atomic E-state index is 0.122. The molecular weight excluding hydrogens is 434 g/mol. The first-order valence-corrected chi connectivity index (χ1v) is 11.0. The molecule has 0 spiro atoms. The summed E-state index contributed by atoms with van der Waals surface area (Å²) in [7, 11) is -3.36. The minimum Gasteiger partial charge on any atom is -0.354 e. The van der Waals surface area contributed by atoms with Crippen LogP contribution in [0.4, 0.5) is 5.69 Å². The van der Waals surface area contributed by atoms with Crippen LogP contribution in [0.2, 0.25) is 0 Å². The number of rotatable bonds is 6. The second-order valence-corrected chi connectivity index (χ2v) is 9.65. The van der Waals surface area contributed by atoms with Crippen molar-refractivity contribution in [3.05, 3.63) is 71.2 Å². The van der Waals surface area contributed by atoms with Gasteiger partial charge in [0.2, 0.25) is 0 Å². The van der Waals surface area contributed by atoms with Crippen LogP contribution in [-0.2, 0) is 9.84 Å². The van der Waals surface area contributed by atoms with Gasteiger partial charge in [0.25, 0.3) is 5.69 Å². The Morgan fingerprint density at radius 1 is 0.938 bits per heavy atom. The highest BCUT2D eigenvalue weighted by atomic mass is 32.2. The highest BCUT2D eigenvalue weighted by Crippen LogP contribution is 2.27. The molecule has 3 aromatic heterocycles. The van der Waals surface area contributed by atoms with Crippen molar-refractivity contribution in [2.75, 3.05) is 0 Å². The number of aromatic nitrogens is 4. The average Bonchev–Trinajstić information content (AvgIpc) is 3.29. The molecule has 0 unspecified atom stereocenters. The summed E-state index contributed by atoms with van der Waals surface area (Å²) in [5.41, 5.74) is 2.33. The van der Waals surface area contributed by atoms with Gasteiger partial charge in [-0.3, -0.25) is 15.1 Å². The van der Waals surface area contributed by atoms with Crippen LogP contribution < -0.4 is 0 Å². The van der Waals surface area contributed by atoms with Gasteiger partial charge in [0.1, 0.15) is 17.6 Å². The number of hydrogen-bond donors (Lipinski definition) is 0. The van der Waals surface area contributed by atoms with Crippen LogP contribution >= 0.6 is 0 Å². The predicted octanol–water partition coefficient (Wildman–Crippen LogP) is 3.95. The molecule has 0 saturated carbocycles. The maximum absolute atomic E-state index is 12.3. The van der Waals surface area contributed by atoms with Gasteiger partial charge in [-0.15, -0.1) is 0 Å². The molecule has 4 aromatic rings. The lowest BCUT2D eigenvalue weighted by molar-refractivity contribution is -0.385. The first-order valence-electron chi connectivity index (χ1n) is 9.50. The molecule has 0 aliphatic carbocycles. The minimum atomic E-state index is -3.36. The number of sulfone groups is 1. The van der Waals surface area contributed by atoms with Crippen LogP contribution in [0.15, 0.2) is 70.5 Å². The molecule has 0 saturated heterocycles. The van der Waals surface area contributed by atoms with E-state index in [0.717, 1.165) is 6.20 Å². The quantitative estimate of drug-likeness (QED) is 0.314. The second-order valence-electron chi connectivity index (χ2n) is 7.14. The summed E-state index contributed by atoms with van der Waals surface area (Å²) in [6.45, 7) is 3.27. The molecule has 4 rings (SSSR count). The Bertz CT molecular complexity index is 1380. The van der Waals surface area contributed by atoms with E-state index in [9.17, 15) is 18.5 Å². The van der Waals surface area contributed by atoms with Crippen molar-refractivity contribution in [1.29, 1.82) is 0 Å². The highest BCUT2D eigenvalue weighted by Gasteiger charge is 2.19. The van der Waals surface area contributed by atoms with E-state index in [1.807, 2.05) is 0 Å². The lowest BCUT2D eigenvalue weighted by Crippen LogP contribution is -2.13. The maximum Gasteiger partial charge on any atom is 0.287 e. The van der Waals surface area contributed by atoms with Crippen molar-refractivity contribution in [2.45, 2.75) is 24.0 Å². The van der Waals surface area contributed by atoms with Gasteiger partial charge in [0.05, 0.1) is 38.9 Å². The van der Waals surface area contributed by atoms with Gasteiger partial charge in [-0.25, -0.2) is 18.4 Å². The molecule has 0 aliphatic rings. The molecule has 0 radical (unpaired) electrons. The summed E-state index contributed by atoms with van der Waals surface area (Å²) in [5.74, 6) is 0.341. The van der Waals surface area contributed by atoms with Gasteiger partial charge in [-0.05, 0) is 32.0 Å². The Labute approximate surface area is 183 Å². The lowest BCUT2D eigenvalue weighted by atomic mass is 10.1. The first-order chi connectivity index (χ1) is 15.3. The van der Waals surface area contributed by atoms with Gasteiger partial charge in [-0.1, -0.05) is 17.3 Å². The van der Waals surface area contributed by atoms with Gasteiger partial charge < -0.3 is 4.52 Å². The second kappa shape index (κ2) is 8.27. The molecule has 10 nitrogen and oxygen atoms in total. The Balaban J connectivity index is 1.61. The van der Waals surface area contributed by atoms with Crippen molar-refractivity contribution < 1.29 is 17.9 Å². The maximum atomic E-state index is 12.3. The fraction of sp³-hybridized carbons (Fsp3) is 0.143. The third-order valence-corrected chi connectivity index (χ3v) is 6.89. The van der Waals surface area contributed by atoms with E-state index >= 15 is 0 Å². The summed E-state index contributed by atoms with van der Waals surface area (Å²) < 4.78 is 30.0. The number of hydrogen-bond acceptors (Lipinski definition) is 9. The largest absolute Gasteiger partial charge is 0.354 e. The molecule has 0 fully saturated rings. The molecule has 0 N–H and O–H groups in total. The fourth-order valence-electron chi connectivity index (χ4n) is 2.87. The highest BCUT2D eigenvalue weighted by molar-refractivity contribution is 7.92. The molecule has 11 heteroatoms. The van der Waals surface area contributed by atoms with Crippen LogP contribution in [0.5, 0.6) is 0 Å². The van der Waals surface area contributed by atoms with Gasteiger partial charge in [0.15, 0.2) is 15.6 Å². The lowest BCUT2D eigenvalue weighted by Gasteiger charge is -2.08. The molecule has 0 bridgehead atoms. The SMILES string of the molecule is CC(C)S(=O)(=O)c1ccc(-c2cncc(-c3cc(-c4ccc([N+](=O)[O-])cn4)no3)n2)cc1.